The zero-order valence-corrected chi connectivity index (χ0v) is 20.1. The number of nitrogens with zero attached hydrogens (tertiary/aromatic N) is 2. The van der Waals surface area contributed by atoms with Gasteiger partial charge in [0.25, 0.3) is 5.91 Å². The molecule has 0 fully saturated rings. The lowest BCUT2D eigenvalue weighted by atomic mass is 9.85. The largest absolute Gasteiger partial charge is 0.341 e. The molecule has 7 nitrogen and oxygen atoms in total. The maximum atomic E-state index is 13.0. The Morgan fingerprint density at radius 3 is 2.49 bits per heavy atom. The summed E-state index contributed by atoms with van der Waals surface area (Å²) >= 11 is 0. The van der Waals surface area contributed by atoms with Gasteiger partial charge >= 0.3 is 6.03 Å². The third kappa shape index (κ3) is 4.73. The molecular formula is C28H27N5O2. The standard InChI is InChI=1S/C28H27N5O2/c1-6-28(3,4)21-12-10-19(11-13-21)26(34)31-23-9-7-8-22(18(23)2)20-16-24(32-27(35)29-5)25-30-14-15-33(25)17-20/h1,7-17H,2-5H3,(H,31,34)(H2,29,32,35). The van der Waals surface area contributed by atoms with Gasteiger partial charge in [0.15, 0.2) is 5.65 Å². The molecule has 0 unspecified atom stereocenters. The second-order valence-corrected chi connectivity index (χ2v) is 8.78. The van der Waals surface area contributed by atoms with E-state index in [1.165, 1.54) is 0 Å². The van der Waals surface area contributed by atoms with E-state index in [1.807, 2.05) is 74.0 Å². The van der Waals surface area contributed by atoms with Gasteiger partial charge in [-0.1, -0.05) is 30.2 Å². The molecule has 3 amide bonds. The first kappa shape index (κ1) is 23.6. The van der Waals surface area contributed by atoms with E-state index >= 15 is 0 Å². The summed E-state index contributed by atoms with van der Waals surface area (Å²) in [5.41, 5.74) is 5.73. The van der Waals surface area contributed by atoms with Crippen LogP contribution in [0.4, 0.5) is 16.2 Å². The predicted molar refractivity (Wildman–Crippen MR) is 140 cm³/mol. The maximum Gasteiger partial charge on any atom is 0.319 e. The Balaban J connectivity index is 1.64. The van der Waals surface area contributed by atoms with Gasteiger partial charge in [0, 0.05) is 42.5 Å². The van der Waals surface area contributed by atoms with Crippen LogP contribution in [-0.4, -0.2) is 28.4 Å². The molecule has 0 saturated heterocycles. The van der Waals surface area contributed by atoms with Crippen molar-refractivity contribution in [2.75, 3.05) is 17.7 Å². The monoisotopic (exact) mass is 465 g/mol. The second-order valence-electron chi connectivity index (χ2n) is 8.78. The van der Waals surface area contributed by atoms with Crippen molar-refractivity contribution < 1.29 is 9.59 Å². The number of carbonyl (C=O) groups excluding carboxylic acids is 2. The molecule has 7 heteroatoms. The molecule has 0 saturated carbocycles. The molecule has 2 aromatic heterocycles. The first-order chi connectivity index (χ1) is 16.7. The number of carbonyl (C=O) groups is 2. The van der Waals surface area contributed by atoms with E-state index < -0.39 is 5.41 Å². The van der Waals surface area contributed by atoms with Crippen LogP contribution in [0.25, 0.3) is 16.8 Å². The van der Waals surface area contributed by atoms with Crippen molar-refractivity contribution in [1.29, 1.82) is 0 Å². The highest BCUT2D eigenvalue weighted by Crippen LogP contribution is 2.32. The summed E-state index contributed by atoms with van der Waals surface area (Å²) in [5, 5.41) is 8.40. The van der Waals surface area contributed by atoms with Crippen LogP contribution < -0.4 is 16.0 Å². The third-order valence-electron chi connectivity index (χ3n) is 6.09. The number of terminal acetylenes is 1. The SMILES string of the molecule is C#CC(C)(C)c1ccc(C(=O)Nc2cccc(-c3cc(NC(=O)NC)c4nccn4c3)c2C)cc1. The number of fused-ring (bicyclic) bond motifs is 1. The number of amides is 3. The van der Waals surface area contributed by atoms with Crippen molar-refractivity contribution in [3.8, 4) is 23.5 Å². The summed E-state index contributed by atoms with van der Waals surface area (Å²) in [7, 11) is 1.56. The fraction of sp³-hybridized carbons (Fsp3) is 0.179. The quantitative estimate of drug-likeness (QED) is 0.353. The molecule has 2 aromatic carbocycles. The van der Waals surface area contributed by atoms with Crippen LogP contribution in [-0.2, 0) is 5.41 Å². The van der Waals surface area contributed by atoms with Crippen molar-refractivity contribution in [2.45, 2.75) is 26.2 Å². The van der Waals surface area contributed by atoms with Gasteiger partial charge in [0.05, 0.1) is 11.1 Å². The zero-order valence-electron chi connectivity index (χ0n) is 20.1. The molecule has 3 N–H and O–H groups in total. The van der Waals surface area contributed by atoms with Crippen LogP contribution in [0.3, 0.4) is 0 Å². The highest BCUT2D eigenvalue weighted by Gasteiger charge is 2.18. The van der Waals surface area contributed by atoms with Crippen molar-refractivity contribution in [3.63, 3.8) is 0 Å². The van der Waals surface area contributed by atoms with E-state index in [1.54, 1.807) is 25.4 Å². The Labute approximate surface area is 204 Å². The van der Waals surface area contributed by atoms with Crippen LogP contribution in [0.5, 0.6) is 0 Å². The van der Waals surface area contributed by atoms with Gasteiger partial charge in [-0.15, -0.1) is 6.42 Å². The molecule has 0 aliphatic heterocycles. The van der Waals surface area contributed by atoms with Crippen LogP contribution in [0.1, 0.15) is 35.3 Å². The Kier molecular flexibility index (Phi) is 6.30. The fourth-order valence-corrected chi connectivity index (χ4v) is 3.86. The van der Waals surface area contributed by atoms with E-state index in [-0.39, 0.29) is 11.9 Å². The van der Waals surface area contributed by atoms with Crippen molar-refractivity contribution in [3.05, 3.63) is 83.8 Å². The summed E-state index contributed by atoms with van der Waals surface area (Å²) in [6.07, 6.45) is 11.1. The molecule has 4 aromatic rings. The number of rotatable bonds is 5. The topological polar surface area (TPSA) is 87.5 Å². The Bertz CT molecular complexity index is 1460. The summed E-state index contributed by atoms with van der Waals surface area (Å²) in [6.45, 7) is 5.88. The van der Waals surface area contributed by atoms with E-state index in [9.17, 15) is 9.59 Å². The third-order valence-corrected chi connectivity index (χ3v) is 6.09. The van der Waals surface area contributed by atoms with Gasteiger partial charge in [-0.2, -0.15) is 0 Å². The van der Waals surface area contributed by atoms with Crippen molar-refractivity contribution in [1.82, 2.24) is 14.7 Å². The zero-order chi connectivity index (χ0) is 25.2. The average molecular weight is 466 g/mol. The molecule has 0 atom stereocenters. The number of hydrogen-bond acceptors (Lipinski definition) is 3. The molecule has 0 radical (unpaired) electrons. The molecule has 0 aliphatic carbocycles. The number of urea groups is 1. The van der Waals surface area contributed by atoms with Crippen LogP contribution in [0.2, 0.25) is 0 Å². The predicted octanol–water partition coefficient (Wildman–Crippen LogP) is 5.22. The molecule has 0 bridgehead atoms. The number of pyridine rings is 1. The van der Waals surface area contributed by atoms with Crippen molar-refractivity contribution in [2.24, 2.45) is 0 Å². The van der Waals surface area contributed by atoms with E-state index in [0.29, 0.717) is 22.6 Å². The van der Waals surface area contributed by atoms with Gasteiger partial charge in [-0.05, 0) is 61.7 Å². The number of nitrogens with one attached hydrogen (secondary N) is 3. The first-order valence-corrected chi connectivity index (χ1v) is 11.2. The maximum absolute atomic E-state index is 13.0. The minimum absolute atomic E-state index is 0.206. The molecular weight excluding hydrogens is 438 g/mol. The summed E-state index contributed by atoms with van der Waals surface area (Å²) in [6, 6.07) is 14.6. The number of imidazole rings is 1. The number of benzene rings is 2. The second kappa shape index (κ2) is 9.35. The Morgan fingerprint density at radius 2 is 1.80 bits per heavy atom. The number of anilines is 2. The molecule has 176 valence electrons. The lowest BCUT2D eigenvalue weighted by Crippen LogP contribution is -2.24. The van der Waals surface area contributed by atoms with Gasteiger partial charge < -0.3 is 20.4 Å². The van der Waals surface area contributed by atoms with Crippen molar-refractivity contribution >= 4 is 29.0 Å². The molecule has 0 aliphatic rings. The Hall–Kier alpha value is -4.57. The van der Waals surface area contributed by atoms with E-state index in [4.69, 9.17) is 6.42 Å². The normalized spacial score (nSPS) is 11.1. The van der Waals surface area contributed by atoms with E-state index in [0.717, 1.165) is 22.3 Å². The Morgan fingerprint density at radius 1 is 1.06 bits per heavy atom. The summed E-state index contributed by atoms with van der Waals surface area (Å²) in [5.74, 6) is 2.56. The lowest BCUT2D eigenvalue weighted by molar-refractivity contribution is 0.102. The van der Waals surface area contributed by atoms with E-state index in [2.05, 4.69) is 26.9 Å². The van der Waals surface area contributed by atoms with Gasteiger partial charge in [-0.3, -0.25) is 4.79 Å². The van der Waals surface area contributed by atoms with Crippen LogP contribution >= 0.6 is 0 Å². The van der Waals surface area contributed by atoms with Crippen LogP contribution in [0, 0.1) is 19.3 Å². The minimum atomic E-state index is -0.401. The fourth-order valence-electron chi connectivity index (χ4n) is 3.86. The lowest BCUT2D eigenvalue weighted by Gasteiger charge is -2.18. The van der Waals surface area contributed by atoms with Gasteiger partial charge in [0.1, 0.15) is 0 Å². The van der Waals surface area contributed by atoms with Gasteiger partial charge in [-0.25, -0.2) is 9.78 Å². The van der Waals surface area contributed by atoms with Crippen LogP contribution in [0.15, 0.2) is 67.1 Å². The molecule has 4 rings (SSSR count). The highest BCUT2D eigenvalue weighted by atomic mass is 16.2. The summed E-state index contributed by atoms with van der Waals surface area (Å²) < 4.78 is 1.85. The molecule has 35 heavy (non-hydrogen) atoms. The number of hydrogen-bond donors (Lipinski definition) is 3. The average Bonchev–Trinajstić information content (AvgIpc) is 3.34. The number of aromatic nitrogens is 2. The summed E-state index contributed by atoms with van der Waals surface area (Å²) in [4.78, 5) is 29.3. The first-order valence-electron chi connectivity index (χ1n) is 11.2. The molecule has 2 heterocycles. The minimum Gasteiger partial charge on any atom is -0.341 e. The smallest absolute Gasteiger partial charge is 0.319 e. The molecule has 0 spiro atoms. The highest BCUT2D eigenvalue weighted by molar-refractivity contribution is 6.05. The van der Waals surface area contributed by atoms with Gasteiger partial charge in [0.2, 0.25) is 0 Å².